The molecular formula is C7H10N2O2S. The molecule has 1 fully saturated rings. The van der Waals surface area contributed by atoms with Crippen molar-refractivity contribution in [3.05, 3.63) is 11.1 Å². The molecule has 2 amide bonds. The lowest BCUT2D eigenvalue weighted by molar-refractivity contribution is -0.121. The molecule has 0 aliphatic carbocycles. The maximum Gasteiger partial charge on any atom is 0.293 e. The van der Waals surface area contributed by atoms with Crippen LogP contribution >= 0.6 is 11.8 Å². The highest BCUT2D eigenvalue weighted by Gasteiger charge is 2.31. The zero-order chi connectivity index (χ0) is 9.30. The summed E-state index contributed by atoms with van der Waals surface area (Å²) in [7, 11) is 5.10. The van der Waals surface area contributed by atoms with Crippen LogP contribution in [0.1, 0.15) is 0 Å². The zero-order valence-corrected chi connectivity index (χ0v) is 8.01. The topological polar surface area (TPSA) is 40.6 Å². The summed E-state index contributed by atoms with van der Waals surface area (Å²) < 4.78 is 0. The Balaban J connectivity index is 2.85. The number of hydrogen-bond acceptors (Lipinski definition) is 4. The molecule has 66 valence electrons. The van der Waals surface area contributed by atoms with E-state index >= 15 is 0 Å². The number of carbonyl (C=O) groups is 2. The van der Waals surface area contributed by atoms with Crippen molar-refractivity contribution in [3.8, 4) is 0 Å². The van der Waals surface area contributed by atoms with E-state index in [1.165, 1.54) is 7.05 Å². The Labute approximate surface area is 75.2 Å². The maximum atomic E-state index is 11.2. The monoisotopic (exact) mass is 186 g/mol. The van der Waals surface area contributed by atoms with Gasteiger partial charge in [0.2, 0.25) is 0 Å². The van der Waals surface area contributed by atoms with Crippen LogP contribution in [0.25, 0.3) is 0 Å². The third-order valence-corrected chi connectivity index (χ3v) is 2.31. The first-order chi connectivity index (χ1) is 5.52. The maximum absolute atomic E-state index is 11.2. The van der Waals surface area contributed by atoms with E-state index in [1.807, 2.05) is 14.1 Å². The Hall–Kier alpha value is -0.970. The summed E-state index contributed by atoms with van der Waals surface area (Å²) >= 11 is 0.967. The van der Waals surface area contributed by atoms with Crippen molar-refractivity contribution in [3.63, 3.8) is 0 Å². The fraction of sp³-hybridized carbons (Fsp3) is 0.429. The highest BCUT2D eigenvalue weighted by atomic mass is 32.2. The Bertz CT molecular complexity index is 260. The molecule has 0 atom stereocenters. The van der Waals surface area contributed by atoms with Crippen molar-refractivity contribution >= 4 is 22.9 Å². The van der Waals surface area contributed by atoms with Crippen molar-refractivity contribution in [2.24, 2.45) is 0 Å². The van der Waals surface area contributed by atoms with Gasteiger partial charge in [0.05, 0.1) is 4.91 Å². The van der Waals surface area contributed by atoms with E-state index in [1.54, 1.807) is 11.1 Å². The van der Waals surface area contributed by atoms with E-state index in [4.69, 9.17) is 0 Å². The molecule has 1 heterocycles. The Morgan fingerprint density at radius 2 is 2.00 bits per heavy atom. The normalized spacial score (nSPS) is 20.9. The van der Waals surface area contributed by atoms with Crippen molar-refractivity contribution < 1.29 is 9.59 Å². The van der Waals surface area contributed by atoms with E-state index in [2.05, 4.69) is 0 Å². The predicted octanol–water partition coefficient (Wildman–Crippen LogP) is 0.715. The van der Waals surface area contributed by atoms with E-state index in [9.17, 15) is 9.59 Å². The largest absolute Gasteiger partial charge is 0.382 e. The summed E-state index contributed by atoms with van der Waals surface area (Å²) in [6.07, 6.45) is 1.65. The van der Waals surface area contributed by atoms with Crippen LogP contribution in [-0.4, -0.2) is 42.1 Å². The van der Waals surface area contributed by atoms with Gasteiger partial charge in [0.1, 0.15) is 0 Å². The number of hydrogen-bond donors (Lipinski definition) is 0. The van der Waals surface area contributed by atoms with Crippen LogP contribution in [0.15, 0.2) is 11.1 Å². The summed E-state index contributed by atoms with van der Waals surface area (Å²) in [4.78, 5) is 25.6. The molecule has 0 unspecified atom stereocenters. The van der Waals surface area contributed by atoms with Gasteiger partial charge >= 0.3 is 0 Å². The van der Waals surface area contributed by atoms with Crippen LogP contribution in [0.5, 0.6) is 0 Å². The molecule has 0 aromatic rings. The molecule has 1 aliphatic rings. The van der Waals surface area contributed by atoms with E-state index in [-0.39, 0.29) is 11.1 Å². The Kier molecular flexibility index (Phi) is 2.42. The smallest absolute Gasteiger partial charge is 0.293 e. The highest BCUT2D eigenvalue weighted by Crippen LogP contribution is 2.28. The van der Waals surface area contributed by atoms with Gasteiger partial charge in [0.15, 0.2) is 0 Å². The second-order valence-corrected chi connectivity index (χ2v) is 3.68. The number of carbonyl (C=O) groups excluding carboxylic acids is 2. The summed E-state index contributed by atoms with van der Waals surface area (Å²) in [5, 5.41) is -0.215. The fourth-order valence-electron chi connectivity index (χ4n) is 0.770. The van der Waals surface area contributed by atoms with Gasteiger partial charge in [-0.15, -0.1) is 0 Å². The van der Waals surface area contributed by atoms with Crippen LogP contribution in [0.4, 0.5) is 4.79 Å². The number of nitrogens with zero attached hydrogens (tertiary/aromatic N) is 2. The molecule has 1 rings (SSSR count). The third kappa shape index (κ3) is 1.61. The molecule has 0 aromatic carbocycles. The zero-order valence-electron chi connectivity index (χ0n) is 7.20. The SMILES string of the molecule is CN(C)/C=C1\SC(=O)N(C)C1=O. The van der Waals surface area contributed by atoms with E-state index in [0.717, 1.165) is 16.7 Å². The highest BCUT2D eigenvalue weighted by molar-refractivity contribution is 8.18. The van der Waals surface area contributed by atoms with E-state index in [0.29, 0.717) is 4.91 Å². The average molecular weight is 186 g/mol. The van der Waals surface area contributed by atoms with Gasteiger partial charge in [-0.1, -0.05) is 0 Å². The van der Waals surface area contributed by atoms with Crippen LogP contribution in [-0.2, 0) is 4.79 Å². The molecule has 0 aromatic heterocycles. The van der Waals surface area contributed by atoms with Crippen molar-refractivity contribution in [1.82, 2.24) is 9.80 Å². The first-order valence-electron chi connectivity index (χ1n) is 3.40. The number of likely N-dealkylation sites (N-methyl/N-ethyl adjacent to an activating group) is 1. The second kappa shape index (κ2) is 3.18. The molecular weight excluding hydrogens is 176 g/mol. The number of amides is 2. The van der Waals surface area contributed by atoms with Crippen LogP contribution in [0.3, 0.4) is 0 Å². The summed E-state index contributed by atoms with van der Waals surface area (Å²) in [6, 6.07) is 0. The first kappa shape index (κ1) is 9.12. The minimum absolute atomic E-state index is 0.215. The summed E-state index contributed by atoms with van der Waals surface area (Å²) in [5.74, 6) is -0.223. The molecule has 1 saturated heterocycles. The van der Waals surface area contributed by atoms with Gasteiger partial charge in [-0.25, -0.2) is 0 Å². The number of rotatable bonds is 1. The van der Waals surface area contributed by atoms with Crippen LogP contribution < -0.4 is 0 Å². The molecule has 0 N–H and O–H groups in total. The van der Waals surface area contributed by atoms with Crippen molar-refractivity contribution in [2.45, 2.75) is 0 Å². The lowest BCUT2D eigenvalue weighted by Gasteiger charge is -2.05. The molecule has 0 radical (unpaired) electrons. The van der Waals surface area contributed by atoms with Gasteiger partial charge in [-0.3, -0.25) is 14.5 Å². The van der Waals surface area contributed by atoms with Crippen molar-refractivity contribution in [1.29, 1.82) is 0 Å². The van der Waals surface area contributed by atoms with E-state index < -0.39 is 0 Å². The van der Waals surface area contributed by atoms with Crippen LogP contribution in [0, 0.1) is 0 Å². The van der Waals surface area contributed by atoms with Gasteiger partial charge in [-0.05, 0) is 11.8 Å². The molecule has 1 aliphatic heterocycles. The Morgan fingerprint density at radius 3 is 2.33 bits per heavy atom. The predicted molar refractivity (Wildman–Crippen MR) is 47.5 cm³/mol. The van der Waals surface area contributed by atoms with Gasteiger partial charge in [-0.2, -0.15) is 0 Å². The second-order valence-electron chi connectivity index (χ2n) is 2.69. The number of thioether (sulfide) groups is 1. The first-order valence-corrected chi connectivity index (χ1v) is 4.22. The molecule has 0 bridgehead atoms. The van der Waals surface area contributed by atoms with Gasteiger partial charge in [0, 0.05) is 27.3 Å². The quantitative estimate of drug-likeness (QED) is 0.566. The summed E-state index contributed by atoms with van der Waals surface area (Å²) in [5.41, 5.74) is 0. The lowest BCUT2D eigenvalue weighted by Crippen LogP contribution is -2.22. The van der Waals surface area contributed by atoms with Crippen LogP contribution in [0.2, 0.25) is 0 Å². The minimum Gasteiger partial charge on any atom is -0.382 e. The Morgan fingerprint density at radius 1 is 1.42 bits per heavy atom. The fourth-order valence-corrected chi connectivity index (χ4v) is 1.67. The molecule has 0 saturated carbocycles. The number of imide groups is 1. The molecule has 4 nitrogen and oxygen atoms in total. The van der Waals surface area contributed by atoms with Gasteiger partial charge in [0.25, 0.3) is 11.1 Å². The summed E-state index contributed by atoms with van der Waals surface area (Å²) in [6.45, 7) is 0. The average Bonchev–Trinajstić information content (AvgIpc) is 2.17. The molecule has 0 spiro atoms. The van der Waals surface area contributed by atoms with Gasteiger partial charge < -0.3 is 4.90 Å². The molecule has 12 heavy (non-hydrogen) atoms. The minimum atomic E-state index is -0.223. The third-order valence-electron chi connectivity index (χ3n) is 1.36. The lowest BCUT2D eigenvalue weighted by atomic mass is 10.5. The standard InChI is InChI=1S/C7H10N2O2S/c1-8(2)4-5-6(10)9(3)7(11)12-5/h4H,1-3H3/b5-4-. The van der Waals surface area contributed by atoms with Crippen molar-refractivity contribution in [2.75, 3.05) is 21.1 Å². The molecule has 5 heteroatoms.